The van der Waals surface area contributed by atoms with Crippen LogP contribution < -0.4 is 15.4 Å². The molecule has 1 aromatic heterocycles. The lowest BCUT2D eigenvalue weighted by Gasteiger charge is -2.10. The summed E-state index contributed by atoms with van der Waals surface area (Å²) in [5, 5.41) is 6.69. The number of ether oxygens (including phenoxy) is 1. The van der Waals surface area contributed by atoms with Crippen LogP contribution >= 0.6 is 0 Å². The van der Waals surface area contributed by atoms with Crippen LogP contribution in [0.1, 0.15) is 23.2 Å². The molecule has 0 fully saturated rings. The summed E-state index contributed by atoms with van der Waals surface area (Å²) in [6.45, 7) is 3.53. The Kier molecular flexibility index (Phi) is 6.63. The lowest BCUT2D eigenvalue weighted by molar-refractivity contribution is 0.414. The molecule has 5 heteroatoms. The molecule has 0 aliphatic carbocycles. The Hall–Kier alpha value is -3.08. The highest BCUT2D eigenvalue weighted by molar-refractivity contribution is 5.43. The van der Waals surface area contributed by atoms with E-state index in [1.807, 2.05) is 43.3 Å². The first-order chi connectivity index (χ1) is 13.2. The van der Waals surface area contributed by atoms with Gasteiger partial charge in [-0.05, 0) is 43.0 Å². The zero-order valence-electron chi connectivity index (χ0n) is 15.9. The summed E-state index contributed by atoms with van der Waals surface area (Å²) < 4.78 is 5.19. The summed E-state index contributed by atoms with van der Waals surface area (Å²) in [5.74, 6) is 2.35. The Bertz CT molecular complexity index is 835. The molecule has 0 unspecified atom stereocenters. The molecule has 27 heavy (non-hydrogen) atoms. The van der Waals surface area contributed by atoms with E-state index in [2.05, 4.69) is 44.9 Å². The smallest absolute Gasteiger partial charge is 0.224 e. The van der Waals surface area contributed by atoms with Gasteiger partial charge in [0.25, 0.3) is 0 Å². The Labute approximate surface area is 160 Å². The second-order valence-electron chi connectivity index (χ2n) is 6.44. The third-order valence-corrected chi connectivity index (χ3v) is 4.26. The summed E-state index contributed by atoms with van der Waals surface area (Å²) in [5.41, 5.74) is 3.46. The number of rotatable bonds is 9. The van der Waals surface area contributed by atoms with Crippen molar-refractivity contribution in [2.24, 2.45) is 0 Å². The van der Waals surface area contributed by atoms with Crippen LogP contribution in [0.3, 0.4) is 0 Å². The van der Waals surface area contributed by atoms with Crippen molar-refractivity contribution >= 4 is 11.8 Å². The van der Waals surface area contributed by atoms with E-state index in [9.17, 15) is 0 Å². The number of methoxy groups -OCH3 is 1. The first-order valence-electron chi connectivity index (χ1n) is 9.23. The number of aryl methyl sites for hydroxylation is 2. The average molecular weight is 362 g/mol. The fraction of sp³-hybridized carbons (Fsp3) is 0.273. The van der Waals surface area contributed by atoms with E-state index in [0.717, 1.165) is 36.6 Å². The maximum absolute atomic E-state index is 5.19. The number of hydrogen-bond acceptors (Lipinski definition) is 5. The second kappa shape index (κ2) is 9.57. The molecule has 5 nitrogen and oxygen atoms in total. The van der Waals surface area contributed by atoms with Gasteiger partial charge in [-0.3, -0.25) is 0 Å². The van der Waals surface area contributed by atoms with Gasteiger partial charge < -0.3 is 15.4 Å². The van der Waals surface area contributed by atoms with Gasteiger partial charge in [-0.1, -0.05) is 42.5 Å². The number of benzene rings is 2. The standard InChI is InChI=1S/C22H26N4O/c1-17-15-21(24-16-19-10-12-20(27-2)13-11-19)26-22(25-17)23-14-6-9-18-7-4-3-5-8-18/h3-5,7-8,10-13,15H,6,9,14,16H2,1-2H3,(H2,23,24,25,26). The van der Waals surface area contributed by atoms with E-state index in [1.165, 1.54) is 11.1 Å². The molecule has 2 N–H and O–H groups in total. The second-order valence-corrected chi connectivity index (χ2v) is 6.44. The van der Waals surface area contributed by atoms with Crippen LogP contribution in [0.25, 0.3) is 0 Å². The Morgan fingerprint density at radius 2 is 1.67 bits per heavy atom. The van der Waals surface area contributed by atoms with Gasteiger partial charge in [-0.25, -0.2) is 4.98 Å². The van der Waals surface area contributed by atoms with E-state index in [1.54, 1.807) is 7.11 Å². The molecule has 0 bridgehead atoms. The molecule has 0 radical (unpaired) electrons. The zero-order valence-corrected chi connectivity index (χ0v) is 15.9. The molecule has 0 aliphatic rings. The van der Waals surface area contributed by atoms with Crippen LogP contribution in [0.15, 0.2) is 60.7 Å². The molecule has 0 amide bonds. The summed E-state index contributed by atoms with van der Waals surface area (Å²) in [6.07, 6.45) is 2.08. The Morgan fingerprint density at radius 1 is 0.889 bits per heavy atom. The molecule has 1 heterocycles. The van der Waals surface area contributed by atoms with E-state index < -0.39 is 0 Å². The maximum atomic E-state index is 5.19. The molecule has 3 aromatic rings. The fourth-order valence-electron chi connectivity index (χ4n) is 2.81. The number of nitrogens with zero attached hydrogens (tertiary/aromatic N) is 2. The van der Waals surface area contributed by atoms with Gasteiger partial charge in [0, 0.05) is 24.8 Å². The summed E-state index contributed by atoms with van der Waals surface area (Å²) in [7, 11) is 1.67. The number of nitrogens with one attached hydrogen (secondary N) is 2. The fourth-order valence-corrected chi connectivity index (χ4v) is 2.81. The van der Waals surface area contributed by atoms with Crippen molar-refractivity contribution in [3.05, 3.63) is 77.5 Å². The van der Waals surface area contributed by atoms with E-state index >= 15 is 0 Å². The minimum absolute atomic E-state index is 0.667. The summed E-state index contributed by atoms with van der Waals surface area (Å²) in [4.78, 5) is 9.05. The zero-order chi connectivity index (χ0) is 18.9. The molecule has 0 aliphatic heterocycles. The number of aromatic nitrogens is 2. The van der Waals surface area contributed by atoms with Gasteiger partial charge >= 0.3 is 0 Å². The van der Waals surface area contributed by atoms with Gasteiger partial charge in [0.15, 0.2) is 0 Å². The Morgan fingerprint density at radius 3 is 2.41 bits per heavy atom. The highest BCUT2D eigenvalue weighted by Crippen LogP contribution is 2.14. The SMILES string of the molecule is COc1ccc(CNc2cc(C)nc(NCCCc3ccccc3)n2)cc1. The van der Waals surface area contributed by atoms with Crippen LogP contribution in [0.5, 0.6) is 5.75 Å². The van der Waals surface area contributed by atoms with Crippen molar-refractivity contribution < 1.29 is 4.74 Å². The van der Waals surface area contributed by atoms with Crippen molar-refractivity contribution in [3.8, 4) is 5.75 Å². The highest BCUT2D eigenvalue weighted by atomic mass is 16.5. The largest absolute Gasteiger partial charge is 0.497 e. The molecular weight excluding hydrogens is 336 g/mol. The van der Waals surface area contributed by atoms with Gasteiger partial charge in [0.2, 0.25) is 5.95 Å². The minimum atomic E-state index is 0.667. The predicted octanol–water partition coefficient (Wildman–Crippen LogP) is 4.45. The van der Waals surface area contributed by atoms with Gasteiger partial charge in [0.1, 0.15) is 11.6 Å². The first kappa shape index (κ1) is 18.7. The molecular formula is C22H26N4O. The summed E-state index contributed by atoms with van der Waals surface area (Å²) in [6, 6.07) is 20.5. The molecule has 3 rings (SSSR count). The lowest BCUT2D eigenvalue weighted by Crippen LogP contribution is -2.09. The minimum Gasteiger partial charge on any atom is -0.497 e. The van der Waals surface area contributed by atoms with Crippen LogP contribution in [0.4, 0.5) is 11.8 Å². The molecule has 0 saturated heterocycles. The van der Waals surface area contributed by atoms with Gasteiger partial charge in [-0.2, -0.15) is 4.98 Å². The van der Waals surface area contributed by atoms with Gasteiger partial charge in [0.05, 0.1) is 7.11 Å². The number of anilines is 2. The summed E-state index contributed by atoms with van der Waals surface area (Å²) >= 11 is 0. The van der Waals surface area contributed by atoms with Crippen LogP contribution in [-0.4, -0.2) is 23.6 Å². The molecule has 0 saturated carbocycles. The lowest BCUT2D eigenvalue weighted by atomic mass is 10.1. The number of hydrogen-bond donors (Lipinski definition) is 2. The Balaban J connectivity index is 1.50. The third-order valence-electron chi connectivity index (χ3n) is 4.26. The van der Waals surface area contributed by atoms with E-state index in [-0.39, 0.29) is 0 Å². The maximum Gasteiger partial charge on any atom is 0.224 e. The monoisotopic (exact) mass is 362 g/mol. The van der Waals surface area contributed by atoms with Crippen molar-refractivity contribution in [2.45, 2.75) is 26.3 Å². The van der Waals surface area contributed by atoms with Crippen LogP contribution in [-0.2, 0) is 13.0 Å². The van der Waals surface area contributed by atoms with Crippen molar-refractivity contribution in [1.29, 1.82) is 0 Å². The highest BCUT2D eigenvalue weighted by Gasteiger charge is 2.03. The molecule has 0 atom stereocenters. The van der Waals surface area contributed by atoms with Crippen LogP contribution in [0, 0.1) is 6.92 Å². The average Bonchev–Trinajstić information content (AvgIpc) is 2.70. The molecule has 2 aromatic carbocycles. The van der Waals surface area contributed by atoms with Crippen LogP contribution in [0.2, 0.25) is 0 Å². The third kappa shape index (κ3) is 5.99. The first-order valence-corrected chi connectivity index (χ1v) is 9.23. The van der Waals surface area contributed by atoms with E-state index in [0.29, 0.717) is 12.5 Å². The quantitative estimate of drug-likeness (QED) is 0.551. The molecule has 0 spiro atoms. The topological polar surface area (TPSA) is 59.1 Å². The molecule has 140 valence electrons. The van der Waals surface area contributed by atoms with Crippen molar-refractivity contribution in [2.75, 3.05) is 24.3 Å². The van der Waals surface area contributed by atoms with E-state index in [4.69, 9.17) is 4.74 Å². The predicted molar refractivity (Wildman–Crippen MR) is 110 cm³/mol. The van der Waals surface area contributed by atoms with Gasteiger partial charge in [-0.15, -0.1) is 0 Å². The van der Waals surface area contributed by atoms with Crippen molar-refractivity contribution in [3.63, 3.8) is 0 Å². The van der Waals surface area contributed by atoms with Crippen molar-refractivity contribution in [1.82, 2.24) is 9.97 Å². The normalized spacial score (nSPS) is 10.4.